The van der Waals surface area contributed by atoms with Crippen LogP contribution in [0.25, 0.3) is 11.1 Å². The van der Waals surface area contributed by atoms with E-state index in [0.29, 0.717) is 19.1 Å². The smallest absolute Gasteiger partial charge is 0.414 e. The molecule has 1 fully saturated rings. The number of aliphatic hydroxyl groups is 1. The van der Waals surface area contributed by atoms with E-state index >= 15 is 0 Å². The number of hydrogen-bond donors (Lipinski definition) is 2. The van der Waals surface area contributed by atoms with Gasteiger partial charge in [0.1, 0.15) is 5.75 Å². The van der Waals surface area contributed by atoms with E-state index in [-0.39, 0.29) is 18.7 Å². The molecule has 1 aromatic heterocycles. The van der Waals surface area contributed by atoms with Crippen molar-refractivity contribution in [3.05, 3.63) is 30.1 Å². The molecule has 2 aliphatic heterocycles. The van der Waals surface area contributed by atoms with E-state index < -0.39 is 0 Å². The lowest BCUT2D eigenvalue weighted by molar-refractivity contribution is 0.175. The van der Waals surface area contributed by atoms with Crippen LogP contribution in [0, 0.1) is 5.92 Å². The van der Waals surface area contributed by atoms with E-state index in [2.05, 4.69) is 10.4 Å². The number of amides is 1. The lowest BCUT2D eigenvalue weighted by atomic mass is 9.92. The molecule has 0 spiro atoms. The summed E-state index contributed by atoms with van der Waals surface area (Å²) < 4.78 is 13.2. The van der Waals surface area contributed by atoms with Crippen molar-refractivity contribution in [2.24, 2.45) is 5.92 Å². The van der Waals surface area contributed by atoms with E-state index in [1.165, 1.54) is 7.11 Å². The highest BCUT2D eigenvalue weighted by Crippen LogP contribution is 2.43. The van der Waals surface area contributed by atoms with Crippen molar-refractivity contribution in [1.82, 2.24) is 15.1 Å². The number of rotatable bonds is 6. The van der Waals surface area contributed by atoms with E-state index in [4.69, 9.17) is 9.47 Å². The van der Waals surface area contributed by atoms with E-state index in [0.717, 1.165) is 60.5 Å². The van der Waals surface area contributed by atoms with Crippen LogP contribution in [0.1, 0.15) is 25.3 Å². The number of benzene rings is 1. The summed E-state index contributed by atoms with van der Waals surface area (Å²) >= 11 is 0. The molecular weight excluding hydrogens is 384 g/mol. The number of nitrogens with zero attached hydrogens (tertiary/aromatic N) is 3. The van der Waals surface area contributed by atoms with Gasteiger partial charge in [-0.25, -0.2) is 4.79 Å². The maximum Gasteiger partial charge on any atom is 0.414 e. The lowest BCUT2D eigenvalue weighted by Gasteiger charge is -2.35. The van der Waals surface area contributed by atoms with Gasteiger partial charge >= 0.3 is 6.09 Å². The Kier molecular flexibility index (Phi) is 6.24. The summed E-state index contributed by atoms with van der Waals surface area (Å²) in [6, 6.07) is 4.04. The quantitative estimate of drug-likeness (QED) is 0.755. The van der Waals surface area contributed by atoms with Gasteiger partial charge in [0.25, 0.3) is 0 Å². The number of ether oxygens (including phenoxy) is 2. The Bertz CT molecular complexity index is 891. The van der Waals surface area contributed by atoms with Crippen molar-refractivity contribution < 1.29 is 19.4 Å². The number of nitrogens with one attached hydrogen (secondary N) is 1. The average Bonchev–Trinajstić information content (AvgIpc) is 3.43. The predicted octanol–water partition coefficient (Wildman–Crippen LogP) is 2.44. The standard InChI is InChI=1S/C22H30N4O4/c1-15-3-4-19-20(26(15)22(28)29-2)6-5-18(17-12-24-25(13-17)9-10-27)21(19)30-14-16-7-8-23-11-16/h5-6,12-13,15-16,23,27H,3-4,7-11,14H2,1-2H3/t15-,16-/m0/s1. The number of aliphatic hydroxyl groups excluding tert-OH is 1. The van der Waals surface area contributed by atoms with Crippen LogP contribution in [-0.4, -0.2) is 60.4 Å². The van der Waals surface area contributed by atoms with Crippen LogP contribution in [0.4, 0.5) is 10.5 Å². The lowest BCUT2D eigenvalue weighted by Crippen LogP contribution is -2.42. The molecule has 0 radical (unpaired) electrons. The van der Waals surface area contributed by atoms with Crippen molar-refractivity contribution in [2.45, 2.75) is 38.8 Å². The third-order valence-electron chi connectivity index (χ3n) is 6.02. The molecule has 8 nitrogen and oxygen atoms in total. The Morgan fingerprint density at radius 1 is 1.37 bits per heavy atom. The van der Waals surface area contributed by atoms with Gasteiger partial charge in [-0.2, -0.15) is 5.10 Å². The van der Waals surface area contributed by atoms with Gasteiger partial charge in [-0.05, 0) is 44.9 Å². The highest BCUT2D eigenvalue weighted by atomic mass is 16.5. The molecule has 8 heteroatoms. The predicted molar refractivity (Wildman–Crippen MR) is 114 cm³/mol. The van der Waals surface area contributed by atoms with Crippen molar-refractivity contribution in [2.75, 3.05) is 38.3 Å². The fourth-order valence-electron chi connectivity index (χ4n) is 4.36. The minimum absolute atomic E-state index is 0.0370. The fourth-order valence-corrected chi connectivity index (χ4v) is 4.36. The third kappa shape index (κ3) is 4.02. The molecule has 2 aliphatic rings. The van der Waals surface area contributed by atoms with Crippen LogP contribution in [0.3, 0.4) is 0 Å². The summed E-state index contributed by atoms with van der Waals surface area (Å²) in [5.74, 6) is 1.30. The molecule has 1 aromatic carbocycles. The first-order valence-corrected chi connectivity index (χ1v) is 10.6. The summed E-state index contributed by atoms with van der Waals surface area (Å²) in [5.41, 5.74) is 3.79. The number of carbonyl (C=O) groups is 1. The van der Waals surface area contributed by atoms with Gasteiger partial charge in [0.15, 0.2) is 0 Å². The zero-order valence-corrected chi connectivity index (χ0v) is 17.6. The Balaban J connectivity index is 1.74. The van der Waals surface area contributed by atoms with Crippen LogP contribution in [-0.2, 0) is 17.7 Å². The number of anilines is 1. The molecule has 0 aliphatic carbocycles. The van der Waals surface area contributed by atoms with Gasteiger partial charge in [-0.15, -0.1) is 0 Å². The highest BCUT2D eigenvalue weighted by molar-refractivity contribution is 5.92. The average molecular weight is 415 g/mol. The van der Waals surface area contributed by atoms with Gasteiger partial charge in [-0.3, -0.25) is 9.58 Å². The van der Waals surface area contributed by atoms with Gasteiger partial charge in [0, 0.05) is 41.4 Å². The maximum absolute atomic E-state index is 12.5. The summed E-state index contributed by atoms with van der Waals surface area (Å²) in [6.07, 6.45) is 6.15. The van der Waals surface area contributed by atoms with Crippen LogP contribution in [0.15, 0.2) is 24.5 Å². The van der Waals surface area contributed by atoms with Gasteiger partial charge in [-0.1, -0.05) is 0 Å². The molecule has 162 valence electrons. The van der Waals surface area contributed by atoms with Crippen molar-refractivity contribution >= 4 is 11.8 Å². The fraction of sp³-hybridized carbons (Fsp3) is 0.545. The first kappa shape index (κ1) is 20.7. The topological polar surface area (TPSA) is 88.9 Å². The van der Waals surface area contributed by atoms with Crippen LogP contribution in [0.2, 0.25) is 0 Å². The second kappa shape index (κ2) is 9.06. The van der Waals surface area contributed by atoms with Gasteiger partial charge in [0.05, 0.1) is 38.8 Å². The second-order valence-corrected chi connectivity index (χ2v) is 8.05. The van der Waals surface area contributed by atoms with Gasteiger partial charge in [0.2, 0.25) is 0 Å². The molecule has 0 saturated carbocycles. The number of fused-ring (bicyclic) bond motifs is 1. The number of aromatic nitrogens is 2. The SMILES string of the molecule is COC(=O)N1c2ccc(-c3cnn(CCO)c3)c(OC[C@H]3CCNC3)c2CC[C@@H]1C. The van der Waals surface area contributed by atoms with Gasteiger partial charge < -0.3 is 19.9 Å². The minimum Gasteiger partial charge on any atom is -0.492 e. The molecule has 2 atom stereocenters. The number of methoxy groups -OCH3 is 1. The molecule has 2 N–H and O–H groups in total. The summed E-state index contributed by atoms with van der Waals surface area (Å²) in [4.78, 5) is 14.2. The molecule has 1 amide bonds. The Hall–Kier alpha value is -2.58. The van der Waals surface area contributed by atoms with Crippen molar-refractivity contribution in [3.8, 4) is 16.9 Å². The summed E-state index contributed by atoms with van der Waals surface area (Å²) in [6.45, 7) is 5.14. The molecule has 0 bridgehead atoms. The van der Waals surface area contributed by atoms with E-state index in [9.17, 15) is 9.90 Å². The first-order valence-electron chi connectivity index (χ1n) is 10.6. The van der Waals surface area contributed by atoms with Crippen LogP contribution >= 0.6 is 0 Å². The third-order valence-corrected chi connectivity index (χ3v) is 6.02. The molecule has 4 rings (SSSR count). The first-order chi connectivity index (χ1) is 14.6. The minimum atomic E-state index is -0.349. The van der Waals surface area contributed by atoms with Crippen LogP contribution in [0.5, 0.6) is 5.75 Å². The second-order valence-electron chi connectivity index (χ2n) is 8.05. The Morgan fingerprint density at radius 2 is 2.23 bits per heavy atom. The summed E-state index contributed by atoms with van der Waals surface area (Å²) in [5, 5.41) is 16.9. The highest BCUT2D eigenvalue weighted by Gasteiger charge is 2.32. The monoisotopic (exact) mass is 414 g/mol. The molecular formula is C22H30N4O4. The zero-order valence-electron chi connectivity index (χ0n) is 17.6. The molecule has 30 heavy (non-hydrogen) atoms. The van der Waals surface area contributed by atoms with Crippen molar-refractivity contribution in [1.29, 1.82) is 0 Å². The summed E-state index contributed by atoms with van der Waals surface area (Å²) in [7, 11) is 1.41. The normalized spacial score (nSPS) is 20.8. The van der Waals surface area contributed by atoms with Crippen molar-refractivity contribution in [3.63, 3.8) is 0 Å². The Labute approximate surface area is 176 Å². The number of hydrogen-bond acceptors (Lipinski definition) is 6. The zero-order chi connectivity index (χ0) is 21.1. The van der Waals surface area contributed by atoms with Crippen LogP contribution < -0.4 is 15.0 Å². The van der Waals surface area contributed by atoms with E-state index in [1.807, 2.05) is 25.3 Å². The Morgan fingerprint density at radius 3 is 2.97 bits per heavy atom. The maximum atomic E-state index is 12.5. The molecule has 0 unspecified atom stereocenters. The largest absolute Gasteiger partial charge is 0.492 e. The molecule has 3 heterocycles. The molecule has 1 saturated heterocycles. The van der Waals surface area contributed by atoms with E-state index in [1.54, 1.807) is 15.8 Å². The number of carbonyl (C=O) groups excluding carboxylic acids is 1. The molecule has 2 aromatic rings.